The largest absolute Gasteiger partial charge is 0.369 e. The van der Waals surface area contributed by atoms with Crippen molar-refractivity contribution < 1.29 is 0 Å². The summed E-state index contributed by atoms with van der Waals surface area (Å²) in [6.45, 7) is 0. The van der Waals surface area contributed by atoms with Crippen molar-refractivity contribution in [3.05, 3.63) is 0 Å². The van der Waals surface area contributed by atoms with E-state index < -0.39 is 5.96 Å². The maximum absolute atomic E-state index is 6.79. The molecular weight excluding hydrogens is 136 g/mol. The van der Waals surface area contributed by atoms with Crippen LogP contribution in [0.3, 0.4) is 0 Å². The van der Waals surface area contributed by atoms with Gasteiger partial charge in [0.1, 0.15) is 0 Å². The molecule has 0 unspecified atom stereocenters. The third-order valence-corrected chi connectivity index (χ3v) is 0.566. The molecule has 0 amide bonds. The lowest BCUT2D eigenvalue weighted by Crippen LogP contribution is -2.48. The van der Waals surface area contributed by atoms with Crippen LogP contribution >= 0.6 is 0 Å². The van der Waals surface area contributed by atoms with E-state index in [-0.39, 0.29) is 5.96 Å². The molecule has 0 aliphatic rings. The normalized spacial score (nSPS) is 8.50. The van der Waals surface area contributed by atoms with E-state index in [1.54, 1.807) is 0 Å². The van der Waals surface area contributed by atoms with Gasteiger partial charge in [0.15, 0.2) is 0 Å². The van der Waals surface area contributed by atoms with Crippen LogP contribution in [0.2, 0.25) is 0 Å². The van der Waals surface area contributed by atoms with E-state index >= 15 is 0 Å². The maximum atomic E-state index is 6.79. The molecule has 8 heteroatoms. The Kier molecular flexibility index (Phi) is 2.94. The molecule has 58 valence electrons. The summed E-state index contributed by atoms with van der Waals surface area (Å²) in [5, 5.41) is 10.8. The summed E-state index contributed by atoms with van der Waals surface area (Å²) in [6, 6.07) is 0. The average molecular weight is 146 g/mol. The second-order valence-corrected chi connectivity index (χ2v) is 1.35. The summed E-state index contributed by atoms with van der Waals surface area (Å²) >= 11 is 0. The number of hydrazone groups is 1. The zero-order valence-corrected chi connectivity index (χ0v) is 5.20. The molecule has 0 spiro atoms. The Morgan fingerprint density at radius 3 is 2.00 bits per heavy atom. The minimum Gasteiger partial charge on any atom is -0.369 e. The number of rotatable bonds is 2. The average Bonchev–Trinajstić information content (AvgIpc) is 1.81. The first kappa shape index (κ1) is 8.46. The zero-order chi connectivity index (χ0) is 8.15. The van der Waals surface area contributed by atoms with Crippen LogP contribution in [0, 0.1) is 5.41 Å². The first-order valence-corrected chi connectivity index (χ1v) is 2.28. The van der Waals surface area contributed by atoms with Crippen LogP contribution in [-0.4, -0.2) is 17.0 Å². The number of nitrogens with two attached hydrogens (primary N) is 4. The molecule has 0 aliphatic heterocycles. The second-order valence-electron chi connectivity index (χ2n) is 1.35. The van der Waals surface area contributed by atoms with E-state index in [0.717, 1.165) is 5.12 Å². The molecule has 0 aromatic heterocycles. The lowest BCUT2D eigenvalue weighted by atomic mass is 11.0. The summed E-state index contributed by atoms with van der Waals surface area (Å²) in [6.07, 6.45) is 0. The lowest BCUT2D eigenvalue weighted by molar-refractivity contribution is 0.322. The summed E-state index contributed by atoms with van der Waals surface area (Å²) in [5.74, 6) is 4.21. The van der Waals surface area contributed by atoms with E-state index in [1.165, 1.54) is 0 Å². The fourth-order valence-corrected chi connectivity index (χ4v) is 0.268. The molecule has 0 aliphatic carbocycles. The summed E-state index contributed by atoms with van der Waals surface area (Å²) in [7, 11) is 0. The van der Waals surface area contributed by atoms with Gasteiger partial charge in [-0.15, -0.1) is 15.8 Å². The fraction of sp³-hybridized carbons (Fsp3) is 0. The Bertz CT molecular complexity index is 143. The van der Waals surface area contributed by atoms with E-state index in [4.69, 9.17) is 28.5 Å². The molecule has 10 N–H and O–H groups in total. The third kappa shape index (κ3) is 2.69. The molecule has 0 aromatic rings. The smallest absolute Gasteiger partial charge is 0.226 e. The Morgan fingerprint density at radius 1 is 1.40 bits per heavy atom. The third-order valence-electron chi connectivity index (χ3n) is 0.566. The topological polar surface area (TPSA) is 156 Å². The molecule has 0 fully saturated rings. The number of hydrazine groups is 2. The van der Waals surface area contributed by atoms with Crippen molar-refractivity contribution >= 4 is 11.9 Å². The highest BCUT2D eigenvalue weighted by Crippen LogP contribution is 1.75. The van der Waals surface area contributed by atoms with Gasteiger partial charge in [-0.25, -0.2) is 0 Å². The van der Waals surface area contributed by atoms with Gasteiger partial charge in [0.2, 0.25) is 11.9 Å². The number of nitrogens with zero attached hydrogens (tertiary/aromatic N) is 2. The Morgan fingerprint density at radius 2 is 1.90 bits per heavy atom. The fourth-order valence-electron chi connectivity index (χ4n) is 0.268. The van der Waals surface area contributed by atoms with Crippen molar-refractivity contribution in [3.8, 4) is 0 Å². The summed E-state index contributed by atoms with van der Waals surface area (Å²) in [4.78, 5) is 0. The monoisotopic (exact) mass is 146 g/mol. The van der Waals surface area contributed by atoms with E-state index in [2.05, 4.69) is 5.10 Å². The minimum absolute atomic E-state index is 0.242. The SMILES string of the molecule is N=C(N)N(N=C(N)N)NN. The first-order valence-electron chi connectivity index (χ1n) is 2.28. The first-order chi connectivity index (χ1) is 4.57. The highest BCUT2D eigenvalue weighted by molar-refractivity contribution is 5.79. The van der Waals surface area contributed by atoms with Gasteiger partial charge in [0, 0.05) is 0 Å². The molecule has 0 aromatic carbocycles. The highest BCUT2D eigenvalue weighted by Gasteiger charge is 1.99. The minimum atomic E-state index is -0.407. The maximum Gasteiger partial charge on any atom is 0.226 e. The van der Waals surface area contributed by atoms with Crippen LogP contribution in [0.15, 0.2) is 5.10 Å². The predicted molar refractivity (Wildman–Crippen MR) is 36.9 cm³/mol. The van der Waals surface area contributed by atoms with E-state index in [9.17, 15) is 0 Å². The number of guanidine groups is 2. The van der Waals surface area contributed by atoms with Crippen LogP contribution in [-0.2, 0) is 0 Å². The van der Waals surface area contributed by atoms with Crippen molar-refractivity contribution in [2.24, 2.45) is 28.1 Å². The second kappa shape index (κ2) is 3.48. The number of nitrogens with one attached hydrogen (secondary N) is 2. The van der Waals surface area contributed by atoms with Crippen molar-refractivity contribution in [2.45, 2.75) is 0 Å². The van der Waals surface area contributed by atoms with Gasteiger partial charge >= 0.3 is 0 Å². The zero-order valence-electron chi connectivity index (χ0n) is 5.20. The Labute approximate surface area is 57.3 Å². The lowest BCUT2D eigenvalue weighted by Gasteiger charge is -2.12. The quantitative estimate of drug-likeness (QED) is 0.104. The van der Waals surface area contributed by atoms with Crippen LogP contribution < -0.4 is 28.6 Å². The van der Waals surface area contributed by atoms with Gasteiger partial charge in [0.05, 0.1) is 0 Å². The van der Waals surface area contributed by atoms with Gasteiger partial charge < -0.3 is 17.2 Å². The van der Waals surface area contributed by atoms with E-state index in [0.29, 0.717) is 0 Å². The molecule has 0 atom stereocenters. The molecule has 0 rings (SSSR count). The molecule has 0 bridgehead atoms. The molecule has 0 saturated heterocycles. The molecule has 8 nitrogen and oxygen atoms in total. The molecule has 0 heterocycles. The van der Waals surface area contributed by atoms with Crippen LogP contribution in [0.1, 0.15) is 0 Å². The molecule has 0 saturated carbocycles. The van der Waals surface area contributed by atoms with E-state index in [1.807, 2.05) is 5.53 Å². The van der Waals surface area contributed by atoms with Crippen molar-refractivity contribution in [2.75, 3.05) is 0 Å². The molecule has 10 heavy (non-hydrogen) atoms. The van der Waals surface area contributed by atoms with Crippen LogP contribution in [0.5, 0.6) is 0 Å². The van der Waals surface area contributed by atoms with Crippen molar-refractivity contribution in [1.82, 2.24) is 10.7 Å². The molecular formula is C2H10N8. The van der Waals surface area contributed by atoms with Gasteiger partial charge in [-0.3, -0.25) is 11.3 Å². The molecule has 0 radical (unpaired) electrons. The number of hydrogen-bond acceptors (Lipinski definition) is 4. The summed E-state index contributed by atoms with van der Waals surface area (Å²) in [5.41, 5.74) is 16.8. The van der Waals surface area contributed by atoms with Gasteiger partial charge in [-0.1, -0.05) is 0 Å². The predicted octanol–water partition coefficient (Wildman–Crippen LogP) is -3.25. The van der Waals surface area contributed by atoms with Crippen molar-refractivity contribution in [3.63, 3.8) is 0 Å². The van der Waals surface area contributed by atoms with Gasteiger partial charge in [-0.2, -0.15) is 0 Å². The van der Waals surface area contributed by atoms with Crippen LogP contribution in [0.4, 0.5) is 0 Å². The summed E-state index contributed by atoms with van der Waals surface area (Å²) < 4.78 is 0. The van der Waals surface area contributed by atoms with Crippen molar-refractivity contribution in [1.29, 1.82) is 5.41 Å². The Balaban J connectivity index is 4.09. The van der Waals surface area contributed by atoms with Crippen LogP contribution in [0.25, 0.3) is 0 Å². The Hall–Kier alpha value is -1.54. The highest BCUT2D eigenvalue weighted by atomic mass is 15.8. The number of hydrogen-bond donors (Lipinski definition) is 6. The van der Waals surface area contributed by atoms with Gasteiger partial charge in [-0.05, 0) is 0 Å². The van der Waals surface area contributed by atoms with Gasteiger partial charge in [0.25, 0.3) is 0 Å². The standard InChI is InChI=1S/C2H10N8/c3-1(4)8-10(9-7)2(5)6/h9H,7H2,(H3,5,6)(H4,3,4,8).